The number of fused-ring (bicyclic) bond motifs is 1. The third kappa shape index (κ3) is 3.00. The molecule has 5 nitrogen and oxygen atoms in total. The largest absolute Gasteiger partial charge is 0.497 e. The van der Waals surface area contributed by atoms with Gasteiger partial charge in [0.25, 0.3) is 5.91 Å². The van der Waals surface area contributed by atoms with Crippen LogP contribution in [0.4, 0.5) is 5.69 Å². The molecule has 3 aromatic rings. The normalized spacial score (nSPS) is 18.5. The fourth-order valence-corrected chi connectivity index (χ4v) is 3.67. The van der Waals surface area contributed by atoms with Gasteiger partial charge in [0.15, 0.2) is 0 Å². The highest BCUT2D eigenvalue weighted by Crippen LogP contribution is 2.43. The molecule has 1 aliphatic heterocycles. The number of anilines is 1. The number of amides is 1. The summed E-state index contributed by atoms with van der Waals surface area (Å²) in [5, 5.41) is 11.2. The third-order valence-electron chi connectivity index (χ3n) is 5.11. The van der Waals surface area contributed by atoms with Crippen molar-refractivity contribution in [2.45, 2.75) is 12.1 Å². The molecule has 0 bridgehead atoms. The van der Waals surface area contributed by atoms with Crippen LogP contribution in [0.15, 0.2) is 72.8 Å². The quantitative estimate of drug-likeness (QED) is 0.745. The van der Waals surface area contributed by atoms with Gasteiger partial charge in [-0.2, -0.15) is 0 Å². The van der Waals surface area contributed by atoms with E-state index < -0.39 is 12.1 Å². The van der Waals surface area contributed by atoms with Crippen LogP contribution in [0.5, 0.6) is 11.5 Å². The Morgan fingerprint density at radius 2 is 1.39 bits per heavy atom. The topological polar surface area (TPSA) is 59.0 Å². The molecule has 0 saturated heterocycles. The molecule has 0 saturated carbocycles. The average Bonchev–Trinajstić information content (AvgIpc) is 2.76. The number of hydrogen-bond acceptors (Lipinski definition) is 4. The van der Waals surface area contributed by atoms with Crippen LogP contribution < -0.4 is 14.4 Å². The van der Waals surface area contributed by atoms with Crippen molar-refractivity contribution in [3.05, 3.63) is 89.5 Å². The molecule has 0 aliphatic carbocycles. The summed E-state index contributed by atoms with van der Waals surface area (Å²) >= 11 is 0. The lowest BCUT2D eigenvalue weighted by Gasteiger charge is -2.40. The summed E-state index contributed by atoms with van der Waals surface area (Å²) in [6.07, 6.45) is -0.857. The molecule has 3 aromatic carbocycles. The number of carbonyl (C=O) groups is 1. The van der Waals surface area contributed by atoms with Gasteiger partial charge in [0.2, 0.25) is 0 Å². The maximum atomic E-state index is 13.4. The van der Waals surface area contributed by atoms with Gasteiger partial charge in [-0.3, -0.25) is 9.69 Å². The van der Waals surface area contributed by atoms with Gasteiger partial charge in [0, 0.05) is 11.3 Å². The minimum absolute atomic E-state index is 0.146. The molecule has 2 unspecified atom stereocenters. The Morgan fingerprint density at radius 1 is 0.821 bits per heavy atom. The SMILES string of the molecule is COc1ccc(C2C(O)c3ccccc3C(=O)N2c2ccc(OC)cc2)cc1. The minimum Gasteiger partial charge on any atom is -0.497 e. The molecule has 28 heavy (non-hydrogen) atoms. The van der Waals surface area contributed by atoms with Crippen molar-refractivity contribution in [3.63, 3.8) is 0 Å². The molecule has 1 N–H and O–H groups in total. The second-order valence-electron chi connectivity index (χ2n) is 6.62. The smallest absolute Gasteiger partial charge is 0.259 e. The van der Waals surface area contributed by atoms with Crippen molar-refractivity contribution in [1.82, 2.24) is 0 Å². The van der Waals surface area contributed by atoms with Crippen LogP contribution in [0.1, 0.15) is 33.6 Å². The van der Waals surface area contributed by atoms with Gasteiger partial charge in [-0.1, -0.05) is 30.3 Å². The molecule has 142 valence electrons. The van der Waals surface area contributed by atoms with E-state index in [0.29, 0.717) is 22.6 Å². The number of benzene rings is 3. The Balaban J connectivity index is 1.86. The summed E-state index contributed by atoms with van der Waals surface area (Å²) in [6.45, 7) is 0. The van der Waals surface area contributed by atoms with E-state index in [0.717, 1.165) is 11.3 Å². The van der Waals surface area contributed by atoms with Crippen molar-refractivity contribution >= 4 is 11.6 Å². The first-order valence-electron chi connectivity index (χ1n) is 9.02. The maximum Gasteiger partial charge on any atom is 0.259 e. The van der Waals surface area contributed by atoms with Crippen molar-refractivity contribution < 1.29 is 19.4 Å². The van der Waals surface area contributed by atoms with E-state index in [2.05, 4.69) is 0 Å². The van der Waals surface area contributed by atoms with E-state index in [-0.39, 0.29) is 5.91 Å². The monoisotopic (exact) mass is 375 g/mol. The number of nitrogens with zero attached hydrogens (tertiary/aromatic N) is 1. The van der Waals surface area contributed by atoms with E-state index >= 15 is 0 Å². The van der Waals surface area contributed by atoms with Crippen molar-refractivity contribution in [1.29, 1.82) is 0 Å². The molecule has 4 rings (SSSR count). The molecule has 0 radical (unpaired) electrons. The van der Waals surface area contributed by atoms with Crippen LogP contribution in [0.25, 0.3) is 0 Å². The van der Waals surface area contributed by atoms with Gasteiger partial charge in [0.1, 0.15) is 17.6 Å². The van der Waals surface area contributed by atoms with Gasteiger partial charge in [-0.15, -0.1) is 0 Å². The molecule has 0 aromatic heterocycles. The second kappa shape index (κ2) is 7.37. The minimum atomic E-state index is -0.857. The van der Waals surface area contributed by atoms with Gasteiger partial charge >= 0.3 is 0 Å². The van der Waals surface area contributed by atoms with Gasteiger partial charge in [0.05, 0.1) is 20.3 Å². The summed E-state index contributed by atoms with van der Waals surface area (Å²) < 4.78 is 10.5. The first kappa shape index (κ1) is 18.1. The van der Waals surface area contributed by atoms with E-state index in [4.69, 9.17) is 9.47 Å². The second-order valence-corrected chi connectivity index (χ2v) is 6.62. The zero-order chi connectivity index (χ0) is 19.7. The Bertz CT molecular complexity index is 982. The molecular formula is C23H21NO4. The summed E-state index contributed by atoms with van der Waals surface area (Å²) in [4.78, 5) is 15.0. The van der Waals surface area contributed by atoms with E-state index in [1.165, 1.54) is 0 Å². The number of rotatable bonds is 4. The van der Waals surface area contributed by atoms with Crippen molar-refractivity contribution in [3.8, 4) is 11.5 Å². The molecular weight excluding hydrogens is 354 g/mol. The maximum absolute atomic E-state index is 13.4. The molecule has 5 heteroatoms. The van der Waals surface area contributed by atoms with Gasteiger partial charge < -0.3 is 14.6 Å². The molecule has 1 heterocycles. The molecule has 1 aliphatic rings. The van der Waals surface area contributed by atoms with E-state index in [1.807, 2.05) is 48.5 Å². The number of hydrogen-bond donors (Lipinski definition) is 1. The molecule has 1 amide bonds. The number of aliphatic hydroxyl groups is 1. The Hall–Kier alpha value is -3.31. The molecule has 0 spiro atoms. The zero-order valence-electron chi connectivity index (χ0n) is 15.7. The van der Waals surface area contributed by atoms with Crippen molar-refractivity contribution in [2.75, 3.05) is 19.1 Å². The first-order valence-corrected chi connectivity index (χ1v) is 9.02. The summed E-state index contributed by atoms with van der Waals surface area (Å²) in [6, 6.07) is 21.3. The lowest BCUT2D eigenvalue weighted by Crippen LogP contribution is -2.43. The summed E-state index contributed by atoms with van der Waals surface area (Å²) in [5.41, 5.74) is 2.67. The Labute approximate surface area is 163 Å². The number of carbonyl (C=O) groups excluding carboxylic acids is 1. The Kier molecular flexibility index (Phi) is 4.75. The van der Waals surface area contributed by atoms with E-state index in [1.54, 1.807) is 43.4 Å². The van der Waals surface area contributed by atoms with Gasteiger partial charge in [-0.25, -0.2) is 0 Å². The van der Waals surface area contributed by atoms with Crippen LogP contribution in [-0.4, -0.2) is 25.2 Å². The highest BCUT2D eigenvalue weighted by atomic mass is 16.5. The predicted molar refractivity (Wildman–Crippen MR) is 107 cm³/mol. The fourth-order valence-electron chi connectivity index (χ4n) is 3.67. The standard InChI is InChI=1S/C23H21NO4/c1-27-17-11-7-15(8-12-17)21-22(25)19-5-3-4-6-20(19)23(26)24(21)16-9-13-18(28-2)14-10-16/h3-14,21-22,25H,1-2H3. The fraction of sp³-hybridized carbons (Fsp3) is 0.174. The van der Waals surface area contributed by atoms with Crippen LogP contribution in [0.2, 0.25) is 0 Å². The number of aliphatic hydroxyl groups excluding tert-OH is 1. The van der Waals surface area contributed by atoms with Crippen LogP contribution in [0, 0.1) is 0 Å². The number of methoxy groups -OCH3 is 2. The lowest BCUT2D eigenvalue weighted by molar-refractivity contribution is 0.0851. The first-order chi connectivity index (χ1) is 13.6. The molecule has 2 atom stereocenters. The average molecular weight is 375 g/mol. The van der Waals surface area contributed by atoms with Crippen LogP contribution in [-0.2, 0) is 0 Å². The van der Waals surface area contributed by atoms with Crippen LogP contribution in [0.3, 0.4) is 0 Å². The van der Waals surface area contributed by atoms with Gasteiger partial charge in [-0.05, 0) is 53.6 Å². The van der Waals surface area contributed by atoms with E-state index in [9.17, 15) is 9.90 Å². The van der Waals surface area contributed by atoms with Crippen LogP contribution >= 0.6 is 0 Å². The summed E-state index contributed by atoms with van der Waals surface area (Å²) in [7, 11) is 3.20. The highest BCUT2D eigenvalue weighted by molar-refractivity contribution is 6.09. The third-order valence-corrected chi connectivity index (χ3v) is 5.11. The predicted octanol–water partition coefficient (Wildman–Crippen LogP) is 4.14. The van der Waals surface area contributed by atoms with Crippen molar-refractivity contribution in [2.24, 2.45) is 0 Å². The Morgan fingerprint density at radius 3 is 2.00 bits per heavy atom. The highest BCUT2D eigenvalue weighted by Gasteiger charge is 2.40. The number of ether oxygens (including phenoxy) is 2. The lowest BCUT2D eigenvalue weighted by atomic mass is 9.86. The summed E-state index contributed by atoms with van der Waals surface area (Å²) in [5.74, 6) is 1.28. The zero-order valence-corrected chi connectivity index (χ0v) is 15.7. The molecule has 0 fully saturated rings.